The summed E-state index contributed by atoms with van der Waals surface area (Å²) >= 11 is 0. The Bertz CT molecular complexity index is 302. The third-order valence-corrected chi connectivity index (χ3v) is 2.84. The van der Waals surface area contributed by atoms with Gasteiger partial charge in [0.25, 0.3) is 0 Å². The Morgan fingerprint density at radius 1 is 1.25 bits per heavy atom. The summed E-state index contributed by atoms with van der Waals surface area (Å²) in [5.41, 5.74) is 11.6. The number of nitrogens with two attached hydrogens (primary N) is 1. The quantitative estimate of drug-likeness (QED) is 0.669. The predicted octanol–water partition coefficient (Wildman–Crippen LogP) is 1.94. The molecule has 1 nitrogen and oxygen atoms in total. The number of benzene rings is 1. The van der Waals surface area contributed by atoms with E-state index in [2.05, 4.69) is 19.1 Å². The molecule has 1 aromatic carbocycles. The van der Waals surface area contributed by atoms with Gasteiger partial charge in [0.1, 0.15) is 0 Å². The molecule has 0 amide bonds. The average Bonchev–Trinajstić information content (AvgIpc) is 2.54. The maximum absolute atomic E-state index is 5.67. The van der Waals surface area contributed by atoms with Crippen molar-refractivity contribution < 1.29 is 0 Å². The van der Waals surface area contributed by atoms with E-state index in [0.717, 1.165) is 0 Å². The largest absolute Gasteiger partial charge is 0.326 e. The Morgan fingerprint density at radius 3 is 2.75 bits per heavy atom. The molecule has 1 aromatic rings. The lowest BCUT2D eigenvalue weighted by Crippen LogP contribution is -2.01. The molecule has 0 heterocycles. The average molecular weight is 161 g/mol. The smallest absolute Gasteiger partial charge is 0.0180 e. The van der Waals surface area contributed by atoms with Crippen molar-refractivity contribution in [3.05, 3.63) is 34.4 Å². The van der Waals surface area contributed by atoms with Crippen LogP contribution in [0.5, 0.6) is 0 Å². The van der Waals surface area contributed by atoms with Crippen LogP contribution in [0.1, 0.15) is 28.7 Å². The van der Waals surface area contributed by atoms with Crippen LogP contribution >= 0.6 is 0 Å². The minimum Gasteiger partial charge on any atom is -0.326 e. The maximum Gasteiger partial charge on any atom is 0.0180 e. The first kappa shape index (κ1) is 7.81. The third-order valence-electron chi connectivity index (χ3n) is 2.84. The van der Waals surface area contributed by atoms with Crippen molar-refractivity contribution in [3.63, 3.8) is 0 Å². The van der Waals surface area contributed by atoms with Gasteiger partial charge in [0.2, 0.25) is 0 Å². The summed E-state index contributed by atoms with van der Waals surface area (Å²) in [4.78, 5) is 0. The maximum atomic E-state index is 5.67. The van der Waals surface area contributed by atoms with Gasteiger partial charge in [0.05, 0.1) is 0 Å². The van der Waals surface area contributed by atoms with Crippen LogP contribution in [0.2, 0.25) is 0 Å². The van der Waals surface area contributed by atoms with Crippen molar-refractivity contribution in [3.8, 4) is 0 Å². The van der Waals surface area contributed by atoms with Gasteiger partial charge >= 0.3 is 0 Å². The van der Waals surface area contributed by atoms with E-state index >= 15 is 0 Å². The molecule has 0 radical (unpaired) electrons. The standard InChI is InChI=1S/C11H15N/c1-8-5-6-9(7-12)11-4-2-3-10(8)11/h5-6H,2-4,7,12H2,1H3. The van der Waals surface area contributed by atoms with E-state index in [0.29, 0.717) is 6.54 Å². The van der Waals surface area contributed by atoms with Gasteiger partial charge in [0, 0.05) is 6.54 Å². The molecule has 0 unspecified atom stereocenters. The van der Waals surface area contributed by atoms with E-state index in [9.17, 15) is 0 Å². The van der Waals surface area contributed by atoms with Crippen LogP contribution in [0, 0.1) is 6.92 Å². The van der Waals surface area contributed by atoms with Crippen molar-refractivity contribution in [1.29, 1.82) is 0 Å². The molecule has 0 bridgehead atoms. The molecule has 0 aromatic heterocycles. The highest BCUT2D eigenvalue weighted by Gasteiger charge is 2.15. The summed E-state index contributed by atoms with van der Waals surface area (Å²) in [6.07, 6.45) is 3.81. The molecule has 0 saturated carbocycles. The summed E-state index contributed by atoms with van der Waals surface area (Å²) in [6.45, 7) is 2.90. The van der Waals surface area contributed by atoms with Crippen molar-refractivity contribution in [2.75, 3.05) is 0 Å². The first-order valence-electron chi connectivity index (χ1n) is 4.63. The molecule has 1 heteroatoms. The Morgan fingerprint density at radius 2 is 2.00 bits per heavy atom. The van der Waals surface area contributed by atoms with Crippen LogP contribution in [-0.2, 0) is 19.4 Å². The third kappa shape index (κ3) is 1.05. The van der Waals surface area contributed by atoms with Gasteiger partial charge < -0.3 is 5.73 Å². The molecule has 0 aliphatic heterocycles. The van der Waals surface area contributed by atoms with Crippen molar-refractivity contribution in [1.82, 2.24) is 0 Å². The Labute approximate surface area is 73.6 Å². The lowest BCUT2D eigenvalue weighted by molar-refractivity contribution is 0.901. The number of aryl methyl sites for hydroxylation is 1. The van der Waals surface area contributed by atoms with E-state index in [1.807, 2.05) is 0 Å². The fraction of sp³-hybridized carbons (Fsp3) is 0.455. The lowest BCUT2D eigenvalue weighted by Gasteiger charge is -2.08. The van der Waals surface area contributed by atoms with Crippen molar-refractivity contribution in [2.24, 2.45) is 5.73 Å². The Balaban J connectivity index is 2.57. The zero-order valence-electron chi connectivity index (χ0n) is 7.56. The molecule has 64 valence electrons. The van der Waals surface area contributed by atoms with E-state index in [1.165, 1.54) is 36.0 Å². The van der Waals surface area contributed by atoms with Crippen molar-refractivity contribution >= 4 is 0 Å². The Hall–Kier alpha value is -0.820. The van der Waals surface area contributed by atoms with Gasteiger partial charge in [-0.3, -0.25) is 0 Å². The molecule has 0 saturated heterocycles. The summed E-state index contributed by atoms with van der Waals surface area (Å²) in [7, 11) is 0. The minimum atomic E-state index is 0.697. The highest BCUT2D eigenvalue weighted by molar-refractivity contribution is 5.43. The Kier molecular flexibility index (Phi) is 1.89. The lowest BCUT2D eigenvalue weighted by atomic mass is 9.99. The molecule has 2 rings (SSSR count). The fourth-order valence-corrected chi connectivity index (χ4v) is 2.15. The van der Waals surface area contributed by atoms with Crippen LogP contribution in [0.4, 0.5) is 0 Å². The van der Waals surface area contributed by atoms with E-state index < -0.39 is 0 Å². The molecule has 1 aliphatic rings. The fourth-order valence-electron chi connectivity index (χ4n) is 2.15. The van der Waals surface area contributed by atoms with E-state index in [-0.39, 0.29) is 0 Å². The van der Waals surface area contributed by atoms with Crippen LogP contribution in [0.15, 0.2) is 12.1 Å². The summed E-state index contributed by atoms with van der Waals surface area (Å²) in [5, 5.41) is 0. The van der Waals surface area contributed by atoms with Gasteiger partial charge in [-0.2, -0.15) is 0 Å². The monoisotopic (exact) mass is 161 g/mol. The van der Waals surface area contributed by atoms with E-state index in [1.54, 1.807) is 5.56 Å². The molecule has 0 spiro atoms. The van der Waals surface area contributed by atoms with Gasteiger partial charge in [-0.15, -0.1) is 0 Å². The highest BCUT2D eigenvalue weighted by Crippen LogP contribution is 2.27. The van der Waals surface area contributed by atoms with Gasteiger partial charge in [-0.25, -0.2) is 0 Å². The summed E-state index contributed by atoms with van der Waals surface area (Å²) in [6, 6.07) is 4.38. The minimum absolute atomic E-state index is 0.697. The topological polar surface area (TPSA) is 26.0 Å². The van der Waals surface area contributed by atoms with Gasteiger partial charge in [-0.1, -0.05) is 12.1 Å². The van der Waals surface area contributed by atoms with Crippen LogP contribution in [-0.4, -0.2) is 0 Å². The second-order valence-corrected chi connectivity index (χ2v) is 3.56. The second-order valence-electron chi connectivity index (χ2n) is 3.56. The number of hydrogen-bond acceptors (Lipinski definition) is 1. The van der Waals surface area contributed by atoms with Gasteiger partial charge in [-0.05, 0) is 48.4 Å². The first-order valence-corrected chi connectivity index (χ1v) is 4.63. The first-order chi connectivity index (χ1) is 5.83. The SMILES string of the molecule is Cc1ccc(CN)c2c1CCC2. The molecule has 0 fully saturated rings. The molecule has 12 heavy (non-hydrogen) atoms. The normalized spacial score (nSPS) is 14.8. The van der Waals surface area contributed by atoms with Crippen LogP contribution in [0.3, 0.4) is 0 Å². The molecule has 0 atom stereocenters. The van der Waals surface area contributed by atoms with Crippen LogP contribution in [0.25, 0.3) is 0 Å². The molecular weight excluding hydrogens is 146 g/mol. The number of hydrogen-bond donors (Lipinski definition) is 1. The predicted molar refractivity (Wildman–Crippen MR) is 51.1 cm³/mol. The van der Waals surface area contributed by atoms with Crippen LogP contribution < -0.4 is 5.73 Å². The van der Waals surface area contributed by atoms with Crippen molar-refractivity contribution in [2.45, 2.75) is 32.7 Å². The van der Waals surface area contributed by atoms with E-state index in [4.69, 9.17) is 5.73 Å². The second kappa shape index (κ2) is 2.91. The summed E-state index contributed by atoms with van der Waals surface area (Å²) < 4.78 is 0. The molecular formula is C11H15N. The molecule has 2 N–H and O–H groups in total. The number of fused-ring (bicyclic) bond motifs is 1. The zero-order chi connectivity index (χ0) is 8.55. The summed E-state index contributed by atoms with van der Waals surface area (Å²) in [5.74, 6) is 0. The highest BCUT2D eigenvalue weighted by atomic mass is 14.5. The zero-order valence-corrected chi connectivity index (χ0v) is 7.56. The number of rotatable bonds is 1. The van der Waals surface area contributed by atoms with Gasteiger partial charge in [0.15, 0.2) is 0 Å². The molecule has 1 aliphatic carbocycles.